The molecule has 0 unspecified atom stereocenters. The molecular formula is C10H14N4O. The summed E-state index contributed by atoms with van der Waals surface area (Å²) < 4.78 is 0. The van der Waals surface area contributed by atoms with E-state index in [4.69, 9.17) is 5.26 Å². The van der Waals surface area contributed by atoms with Crippen LogP contribution in [0.1, 0.15) is 0 Å². The quantitative estimate of drug-likeness (QED) is 0.606. The van der Waals surface area contributed by atoms with Gasteiger partial charge in [-0.25, -0.2) is 0 Å². The Bertz CT molecular complexity index is 349. The van der Waals surface area contributed by atoms with Gasteiger partial charge in [-0.15, -0.1) is 0 Å². The summed E-state index contributed by atoms with van der Waals surface area (Å²) in [6.07, 6.45) is 0. The van der Waals surface area contributed by atoms with Crippen molar-refractivity contribution in [2.75, 3.05) is 39.8 Å². The van der Waals surface area contributed by atoms with Gasteiger partial charge in [0.1, 0.15) is 11.6 Å². The molecule has 2 aliphatic heterocycles. The number of rotatable bonds is 1. The van der Waals surface area contributed by atoms with Crippen LogP contribution >= 0.6 is 0 Å². The van der Waals surface area contributed by atoms with E-state index in [0.717, 1.165) is 31.9 Å². The molecule has 2 rings (SSSR count). The van der Waals surface area contributed by atoms with E-state index in [0.29, 0.717) is 12.1 Å². The minimum Gasteiger partial charge on any atom is -0.370 e. The topological polar surface area (TPSA) is 59.4 Å². The minimum absolute atomic E-state index is 0.147. The number of carbonyl (C=O) groups is 1. The zero-order chi connectivity index (χ0) is 10.8. The number of nitrogens with one attached hydrogen (secondary N) is 1. The molecule has 1 amide bonds. The lowest BCUT2D eigenvalue weighted by Crippen LogP contribution is -2.43. The highest BCUT2D eigenvalue weighted by Crippen LogP contribution is 2.20. The second-order valence-electron chi connectivity index (χ2n) is 3.83. The Morgan fingerprint density at radius 3 is 2.67 bits per heavy atom. The summed E-state index contributed by atoms with van der Waals surface area (Å²) in [5.41, 5.74) is 1.21. The Labute approximate surface area is 88.9 Å². The summed E-state index contributed by atoms with van der Waals surface area (Å²) in [5, 5.41) is 12.2. The summed E-state index contributed by atoms with van der Waals surface area (Å²) in [7, 11) is 1.73. The van der Waals surface area contributed by atoms with E-state index >= 15 is 0 Å². The average molecular weight is 206 g/mol. The van der Waals surface area contributed by atoms with E-state index < -0.39 is 0 Å². The van der Waals surface area contributed by atoms with E-state index in [1.165, 1.54) is 0 Å². The lowest BCUT2D eigenvalue weighted by molar-refractivity contribution is -0.123. The van der Waals surface area contributed by atoms with Crippen LogP contribution in [0.2, 0.25) is 0 Å². The van der Waals surface area contributed by atoms with E-state index in [9.17, 15) is 4.79 Å². The van der Waals surface area contributed by atoms with Crippen LogP contribution in [0.25, 0.3) is 0 Å². The fraction of sp³-hybridized carbons (Fsp3) is 0.600. The Morgan fingerprint density at radius 2 is 2.07 bits per heavy atom. The van der Waals surface area contributed by atoms with Crippen LogP contribution in [0.3, 0.4) is 0 Å². The maximum Gasteiger partial charge on any atom is 0.266 e. The van der Waals surface area contributed by atoms with Crippen molar-refractivity contribution in [3.8, 4) is 6.07 Å². The van der Waals surface area contributed by atoms with Crippen molar-refractivity contribution in [1.82, 2.24) is 15.1 Å². The van der Waals surface area contributed by atoms with Crippen molar-refractivity contribution >= 4 is 5.91 Å². The molecule has 5 nitrogen and oxygen atoms in total. The van der Waals surface area contributed by atoms with Gasteiger partial charge < -0.3 is 15.1 Å². The molecule has 2 heterocycles. The second kappa shape index (κ2) is 3.91. The van der Waals surface area contributed by atoms with Gasteiger partial charge in [0.15, 0.2) is 0 Å². The highest BCUT2D eigenvalue weighted by Gasteiger charge is 2.31. The van der Waals surface area contributed by atoms with Gasteiger partial charge in [0.2, 0.25) is 0 Å². The Hall–Kier alpha value is -1.54. The van der Waals surface area contributed by atoms with Gasteiger partial charge in [-0.05, 0) is 0 Å². The molecule has 80 valence electrons. The summed E-state index contributed by atoms with van der Waals surface area (Å²) in [6, 6.07) is 2.02. The zero-order valence-electron chi connectivity index (χ0n) is 8.79. The third-order valence-corrected chi connectivity index (χ3v) is 2.85. The predicted molar refractivity (Wildman–Crippen MR) is 54.7 cm³/mol. The number of carbonyl (C=O) groups excluding carboxylic acids is 1. The zero-order valence-corrected chi connectivity index (χ0v) is 8.79. The van der Waals surface area contributed by atoms with Crippen LogP contribution in [0.4, 0.5) is 0 Å². The van der Waals surface area contributed by atoms with Crippen molar-refractivity contribution in [3.63, 3.8) is 0 Å². The molecule has 1 saturated heterocycles. The molecule has 1 fully saturated rings. The Morgan fingerprint density at radius 1 is 1.40 bits per heavy atom. The van der Waals surface area contributed by atoms with Gasteiger partial charge in [0.05, 0.1) is 12.2 Å². The first-order chi connectivity index (χ1) is 7.24. The third kappa shape index (κ3) is 1.68. The van der Waals surface area contributed by atoms with Gasteiger partial charge in [-0.2, -0.15) is 5.26 Å². The van der Waals surface area contributed by atoms with E-state index in [2.05, 4.69) is 10.2 Å². The molecule has 0 spiro atoms. The lowest BCUT2D eigenvalue weighted by Gasteiger charge is -2.30. The Balaban J connectivity index is 2.23. The molecule has 1 N–H and O–H groups in total. The van der Waals surface area contributed by atoms with Crippen LogP contribution in [0.15, 0.2) is 11.3 Å². The molecule has 5 heteroatoms. The highest BCUT2D eigenvalue weighted by atomic mass is 16.2. The smallest absolute Gasteiger partial charge is 0.266 e. The number of likely N-dealkylation sites (N-methyl/N-ethyl adjacent to an activating group) is 1. The molecule has 0 aliphatic carbocycles. The maximum absolute atomic E-state index is 11.6. The van der Waals surface area contributed by atoms with Crippen LogP contribution in [-0.2, 0) is 4.79 Å². The predicted octanol–water partition coefficient (Wildman–Crippen LogP) is -0.859. The first-order valence-corrected chi connectivity index (χ1v) is 5.08. The van der Waals surface area contributed by atoms with Crippen molar-refractivity contribution < 1.29 is 4.79 Å². The molecule has 0 aromatic rings. The number of nitriles is 1. The minimum atomic E-state index is -0.147. The second-order valence-corrected chi connectivity index (χ2v) is 3.83. The van der Waals surface area contributed by atoms with Crippen LogP contribution in [0.5, 0.6) is 0 Å². The van der Waals surface area contributed by atoms with Gasteiger partial charge in [0, 0.05) is 33.2 Å². The molecule has 15 heavy (non-hydrogen) atoms. The standard InChI is InChI=1S/C10H14N4O/c1-13-7-9(8(6-11)10(13)15)14-4-2-12-3-5-14/h12H,2-5,7H2,1H3. The van der Waals surface area contributed by atoms with Crippen molar-refractivity contribution in [2.24, 2.45) is 0 Å². The van der Waals surface area contributed by atoms with Crippen molar-refractivity contribution in [1.29, 1.82) is 5.26 Å². The molecule has 0 aromatic heterocycles. The first-order valence-electron chi connectivity index (χ1n) is 5.08. The Kier molecular flexibility index (Phi) is 2.60. The van der Waals surface area contributed by atoms with E-state index in [1.54, 1.807) is 11.9 Å². The van der Waals surface area contributed by atoms with Gasteiger partial charge in [-0.3, -0.25) is 4.79 Å². The molecule has 0 atom stereocenters. The van der Waals surface area contributed by atoms with Crippen molar-refractivity contribution in [3.05, 3.63) is 11.3 Å². The molecule has 0 radical (unpaired) electrons. The van der Waals surface area contributed by atoms with Crippen molar-refractivity contribution in [2.45, 2.75) is 0 Å². The van der Waals surface area contributed by atoms with E-state index in [1.807, 2.05) is 6.07 Å². The number of piperazine rings is 1. The number of hydrogen-bond donors (Lipinski definition) is 1. The lowest BCUT2D eigenvalue weighted by atomic mass is 10.2. The molecule has 0 aromatic carbocycles. The number of amides is 1. The highest BCUT2D eigenvalue weighted by molar-refractivity contribution is 6.00. The summed E-state index contributed by atoms with van der Waals surface area (Å²) >= 11 is 0. The molecule has 2 aliphatic rings. The molecule has 0 bridgehead atoms. The van der Waals surface area contributed by atoms with Gasteiger partial charge >= 0.3 is 0 Å². The largest absolute Gasteiger partial charge is 0.370 e. The molecular weight excluding hydrogens is 192 g/mol. The van der Waals surface area contributed by atoms with Gasteiger partial charge in [-0.1, -0.05) is 0 Å². The summed E-state index contributed by atoms with van der Waals surface area (Å²) in [5.74, 6) is -0.147. The van der Waals surface area contributed by atoms with Crippen LogP contribution in [-0.4, -0.2) is 55.5 Å². The first kappa shape index (κ1) is 9.99. The fourth-order valence-corrected chi connectivity index (χ4v) is 2.00. The fourth-order valence-electron chi connectivity index (χ4n) is 2.00. The van der Waals surface area contributed by atoms with Crippen LogP contribution in [0, 0.1) is 11.3 Å². The van der Waals surface area contributed by atoms with Gasteiger partial charge in [0.25, 0.3) is 5.91 Å². The molecule has 0 saturated carbocycles. The summed E-state index contributed by atoms with van der Waals surface area (Å²) in [6.45, 7) is 4.16. The number of nitrogens with zero attached hydrogens (tertiary/aromatic N) is 3. The van der Waals surface area contributed by atoms with E-state index in [-0.39, 0.29) is 5.91 Å². The SMILES string of the molecule is CN1CC(N2CCNCC2)=C(C#N)C1=O. The average Bonchev–Trinajstić information content (AvgIpc) is 2.56. The number of hydrogen-bond acceptors (Lipinski definition) is 4. The third-order valence-electron chi connectivity index (χ3n) is 2.85. The maximum atomic E-state index is 11.6. The normalized spacial score (nSPS) is 22.3. The summed E-state index contributed by atoms with van der Waals surface area (Å²) in [4.78, 5) is 15.3. The van der Waals surface area contributed by atoms with Crippen LogP contribution < -0.4 is 5.32 Å². The monoisotopic (exact) mass is 206 g/mol.